The Morgan fingerprint density at radius 1 is 1.24 bits per heavy atom. The van der Waals surface area contributed by atoms with Gasteiger partial charge in [0.2, 0.25) is 0 Å². The molecule has 1 heterocycles. The number of anilines is 1. The van der Waals surface area contributed by atoms with E-state index < -0.39 is 0 Å². The number of hydrogen-bond acceptors (Lipinski definition) is 4. The van der Waals surface area contributed by atoms with Crippen LogP contribution in [0, 0.1) is 0 Å². The maximum absolute atomic E-state index is 5.94. The highest BCUT2D eigenvalue weighted by molar-refractivity contribution is 6.29. The quantitative estimate of drug-likeness (QED) is 0.514. The zero-order chi connectivity index (χ0) is 12.1. The van der Waals surface area contributed by atoms with Crippen molar-refractivity contribution < 1.29 is 0 Å². The zero-order valence-corrected chi connectivity index (χ0v) is 10.0. The van der Waals surface area contributed by atoms with Crippen molar-refractivity contribution in [3.05, 3.63) is 41.6 Å². The Labute approximate surface area is 104 Å². The fourth-order valence-electron chi connectivity index (χ4n) is 1.32. The summed E-state index contributed by atoms with van der Waals surface area (Å²) in [6.07, 6.45) is 1.64. The van der Waals surface area contributed by atoms with Crippen LogP contribution in [-0.2, 0) is 0 Å². The highest BCUT2D eigenvalue weighted by Gasteiger charge is 2.04. The lowest BCUT2D eigenvalue weighted by Crippen LogP contribution is -1.96. The monoisotopic (exact) mass is 246 g/mol. The fraction of sp³-hybridized carbons (Fsp3) is 0.0833. The molecule has 1 N–H and O–H groups in total. The first-order chi connectivity index (χ1) is 8.29. The average molecular weight is 247 g/mol. The van der Waals surface area contributed by atoms with E-state index in [1.165, 1.54) is 0 Å². The van der Waals surface area contributed by atoms with E-state index in [0.29, 0.717) is 16.8 Å². The van der Waals surface area contributed by atoms with E-state index in [1.807, 2.05) is 37.3 Å². The summed E-state index contributed by atoms with van der Waals surface area (Å²) in [7, 11) is 0. The number of nitrogens with zero attached hydrogens (tertiary/aromatic N) is 3. The molecule has 0 fully saturated rings. The molecule has 0 radical (unpaired) electrons. The van der Waals surface area contributed by atoms with Crippen LogP contribution >= 0.6 is 11.6 Å². The number of benzene rings is 1. The van der Waals surface area contributed by atoms with Crippen molar-refractivity contribution in [3.63, 3.8) is 0 Å². The first-order valence-corrected chi connectivity index (χ1v) is 5.51. The van der Waals surface area contributed by atoms with Crippen LogP contribution in [0.25, 0.3) is 11.4 Å². The van der Waals surface area contributed by atoms with Crippen molar-refractivity contribution in [2.45, 2.75) is 6.92 Å². The third-order valence-electron chi connectivity index (χ3n) is 2.04. The molecule has 86 valence electrons. The molecular weight excluding hydrogens is 236 g/mol. The molecule has 0 saturated carbocycles. The lowest BCUT2D eigenvalue weighted by atomic mass is 10.2. The normalized spacial score (nSPS) is 10.7. The average Bonchev–Trinajstić information content (AvgIpc) is 2.37. The van der Waals surface area contributed by atoms with E-state index in [0.717, 1.165) is 5.56 Å². The van der Waals surface area contributed by atoms with Gasteiger partial charge in [0, 0.05) is 17.8 Å². The summed E-state index contributed by atoms with van der Waals surface area (Å²) in [5.74, 6) is 1.15. The van der Waals surface area contributed by atoms with Gasteiger partial charge in [-0.3, -0.25) is 5.43 Å². The third kappa shape index (κ3) is 3.01. The fourth-order valence-corrected chi connectivity index (χ4v) is 1.51. The van der Waals surface area contributed by atoms with Crippen molar-refractivity contribution in [2.24, 2.45) is 5.10 Å². The maximum Gasteiger partial charge on any atom is 0.163 e. The molecule has 0 spiro atoms. The minimum Gasteiger partial charge on any atom is -0.262 e. The number of hydrazone groups is 1. The van der Waals surface area contributed by atoms with Gasteiger partial charge >= 0.3 is 0 Å². The van der Waals surface area contributed by atoms with Crippen LogP contribution in [0.2, 0.25) is 5.15 Å². The van der Waals surface area contributed by atoms with Crippen molar-refractivity contribution in [2.75, 3.05) is 5.43 Å². The van der Waals surface area contributed by atoms with Gasteiger partial charge in [-0.05, 0) is 6.92 Å². The SMILES string of the molecule is C/C=N/Nc1cc(Cl)nc(-c2ccccc2)n1. The van der Waals surface area contributed by atoms with E-state index in [4.69, 9.17) is 11.6 Å². The van der Waals surface area contributed by atoms with E-state index in [2.05, 4.69) is 20.5 Å². The first-order valence-electron chi connectivity index (χ1n) is 5.13. The summed E-state index contributed by atoms with van der Waals surface area (Å²) >= 11 is 5.94. The van der Waals surface area contributed by atoms with Gasteiger partial charge in [0.25, 0.3) is 0 Å². The van der Waals surface area contributed by atoms with Crippen molar-refractivity contribution in [1.82, 2.24) is 9.97 Å². The van der Waals surface area contributed by atoms with Gasteiger partial charge in [0.1, 0.15) is 5.15 Å². The first kappa shape index (κ1) is 11.5. The second-order valence-electron chi connectivity index (χ2n) is 3.26. The summed E-state index contributed by atoms with van der Waals surface area (Å²) in [6, 6.07) is 11.3. The van der Waals surface area contributed by atoms with Crippen LogP contribution in [0.4, 0.5) is 5.82 Å². The lowest BCUT2D eigenvalue weighted by Gasteiger charge is -2.04. The van der Waals surface area contributed by atoms with E-state index in [-0.39, 0.29) is 0 Å². The predicted molar refractivity (Wildman–Crippen MR) is 70.3 cm³/mol. The van der Waals surface area contributed by atoms with Gasteiger partial charge in [0.05, 0.1) is 0 Å². The minimum absolute atomic E-state index is 0.382. The summed E-state index contributed by atoms with van der Waals surface area (Å²) < 4.78 is 0. The van der Waals surface area contributed by atoms with Crippen molar-refractivity contribution in [3.8, 4) is 11.4 Å². The Kier molecular flexibility index (Phi) is 3.67. The van der Waals surface area contributed by atoms with Crippen LogP contribution in [0.5, 0.6) is 0 Å². The number of aromatic nitrogens is 2. The number of halogens is 1. The molecule has 0 saturated heterocycles. The molecule has 0 aliphatic heterocycles. The van der Waals surface area contributed by atoms with Gasteiger partial charge in [-0.15, -0.1) is 0 Å². The van der Waals surface area contributed by atoms with Crippen molar-refractivity contribution >= 4 is 23.6 Å². The van der Waals surface area contributed by atoms with Gasteiger partial charge in [-0.25, -0.2) is 9.97 Å². The summed E-state index contributed by atoms with van der Waals surface area (Å²) in [4.78, 5) is 8.50. The van der Waals surface area contributed by atoms with Gasteiger partial charge in [-0.2, -0.15) is 5.10 Å². The molecule has 0 amide bonds. The summed E-state index contributed by atoms with van der Waals surface area (Å²) in [5, 5.41) is 4.28. The molecule has 5 heteroatoms. The molecule has 1 aromatic heterocycles. The number of rotatable bonds is 3. The second-order valence-corrected chi connectivity index (χ2v) is 3.65. The Morgan fingerprint density at radius 3 is 2.71 bits per heavy atom. The molecule has 0 aliphatic carbocycles. The number of nitrogens with one attached hydrogen (secondary N) is 1. The number of hydrogen-bond donors (Lipinski definition) is 1. The molecule has 4 nitrogen and oxygen atoms in total. The zero-order valence-electron chi connectivity index (χ0n) is 9.26. The largest absolute Gasteiger partial charge is 0.262 e. The molecule has 17 heavy (non-hydrogen) atoms. The Morgan fingerprint density at radius 2 is 2.00 bits per heavy atom. The highest BCUT2D eigenvalue weighted by Crippen LogP contribution is 2.19. The van der Waals surface area contributed by atoms with Gasteiger partial charge in [0.15, 0.2) is 11.6 Å². The smallest absolute Gasteiger partial charge is 0.163 e. The molecule has 0 bridgehead atoms. The summed E-state index contributed by atoms with van der Waals surface area (Å²) in [6.45, 7) is 1.81. The molecular formula is C12H11ClN4. The van der Waals surface area contributed by atoms with Gasteiger partial charge < -0.3 is 0 Å². The topological polar surface area (TPSA) is 50.2 Å². The standard InChI is InChI=1S/C12H11ClN4/c1-2-14-17-11-8-10(13)15-12(16-11)9-6-4-3-5-7-9/h2-8H,1H3,(H,15,16,17)/b14-2+. The van der Waals surface area contributed by atoms with Crippen molar-refractivity contribution in [1.29, 1.82) is 0 Å². The third-order valence-corrected chi connectivity index (χ3v) is 2.23. The van der Waals surface area contributed by atoms with Gasteiger partial charge in [-0.1, -0.05) is 41.9 Å². The highest BCUT2D eigenvalue weighted by atomic mass is 35.5. The van der Waals surface area contributed by atoms with E-state index >= 15 is 0 Å². The maximum atomic E-state index is 5.94. The van der Waals surface area contributed by atoms with Crippen LogP contribution in [0.3, 0.4) is 0 Å². The van der Waals surface area contributed by atoms with Crippen LogP contribution in [-0.4, -0.2) is 16.2 Å². The minimum atomic E-state index is 0.382. The van der Waals surface area contributed by atoms with Crippen LogP contribution < -0.4 is 5.43 Å². The van der Waals surface area contributed by atoms with E-state index in [9.17, 15) is 0 Å². The molecule has 0 unspecified atom stereocenters. The lowest BCUT2D eigenvalue weighted by molar-refractivity contribution is 1.15. The Balaban J connectivity index is 2.38. The Hall–Kier alpha value is -1.94. The Bertz CT molecular complexity index is 525. The molecule has 2 aromatic rings. The second kappa shape index (κ2) is 5.41. The van der Waals surface area contributed by atoms with E-state index in [1.54, 1.807) is 12.3 Å². The molecule has 0 atom stereocenters. The molecule has 0 aliphatic rings. The summed E-state index contributed by atoms with van der Waals surface area (Å²) in [5.41, 5.74) is 3.69. The molecule has 2 rings (SSSR count). The molecule has 1 aromatic carbocycles. The predicted octanol–water partition coefficient (Wildman–Crippen LogP) is 3.21. The van der Waals surface area contributed by atoms with Crippen LogP contribution in [0.1, 0.15) is 6.92 Å². The van der Waals surface area contributed by atoms with Crippen LogP contribution in [0.15, 0.2) is 41.5 Å².